The van der Waals surface area contributed by atoms with E-state index in [1.807, 2.05) is 30.0 Å². The number of hydrogen-bond acceptors (Lipinski definition) is 4. The van der Waals surface area contributed by atoms with E-state index in [4.69, 9.17) is 0 Å². The molecule has 2 heterocycles. The summed E-state index contributed by atoms with van der Waals surface area (Å²) in [6.07, 6.45) is 4.54. The Morgan fingerprint density at radius 1 is 1.08 bits per heavy atom. The number of rotatable bonds is 3. The van der Waals surface area contributed by atoms with Gasteiger partial charge in [-0.25, -0.2) is 0 Å². The lowest BCUT2D eigenvalue weighted by Crippen LogP contribution is -2.32. The lowest BCUT2D eigenvalue weighted by molar-refractivity contribution is 0.0754. The van der Waals surface area contributed by atoms with Crippen LogP contribution in [-0.4, -0.2) is 34.1 Å². The summed E-state index contributed by atoms with van der Waals surface area (Å²) in [4.78, 5) is 14.4. The van der Waals surface area contributed by atoms with Crippen molar-refractivity contribution < 1.29 is 4.79 Å². The number of halogens is 1. The van der Waals surface area contributed by atoms with E-state index in [2.05, 4.69) is 31.4 Å². The standard InChI is InChI=1S/C18H21BrN4O/c1-13-6-7-15(14(19)12-13)20-17-9-8-16(21-22-17)18(24)23-10-4-2-3-5-11-23/h6-9,12H,2-5,10-11H2,1H3,(H,20,22). The number of carbonyl (C=O) groups is 1. The van der Waals surface area contributed by atoms with Crippen molar-refractivity contribution >= 4 is 33.3 Å². The molecule has 1 N–H and O–H groups in total. The minimum absolute atomic E-state index is 0.0209. The predicted octanol–water partition coefficient (Wildman–Crippen LogP) is 4.31. The van der Waals surface area contributed by atoms with Gasteiger partial charge in [-0.15, -0.1) is 10.2 Å². The Hall–Kier alpha value is -1.95. The van der Waals surface area contributed by atoms with Gasteiger partial charge in [-0.3, -0.25) is 4.79 Å². The van der Waals surface area contributed by atoms with Gasteiger partial charge in [0.15, 0.2) is 11.5 Å². The summed E-state index contributed by atoms with van der Waals surface area (Å²) in [5.74, 6) is 0.597. The summed E-state index contributed by atoms with van der Waals surface area (Å²) >= 11 is 3.53. The molecule has 2 aromatic rings. The van der Waals surface area contributed by atoms with E-state index in [0.29, 0.717) is 11.5 Å². The molecule has 1 aliphatic rings. The van der Waals surface area contributed by atoms with Crippen LogP contribution in [0, 0.1) is 6.92 Å². The van der Waals surface area contributed by atoms with Crippen LogP contribution in [0.15, 0.2) is 34.8 Å². The molecule has 1 saturated heterocycles. The summed E-state index contributed by atoms with van der Waals surface area (Å²) in [6, 6.07) is 9.58. The molecule has 5 nitrogen and oxygen atoms in total. The Bertz CT molecular complexity index is 709. The third-order valence-corrected chi connectivity index (χ3v) is 4.82. The van der Waals surface area contributed by atoms with Crippen LogP contribution in [0.4, 0.5) is 11.5 Å². The van der Waals surface area contributed by atoms with E-state index in [1.54, 1.807) is 12.1 Å². The number of aromatic nitrogens is 2. The van der Waals surface area contributed by atoms with Crippen molar-refractivity contribution in [3.8, 4) is 0 Å². The maximum absolute atomic E-state index is 12.5. The van der Waals surface area contributed by atoms with Gasteiger partial charge in [0.2, 0.25) is 0 Å². The van der Waals surface area contributed by atoms with Crippen molar-refractivity contribution in [3.63, 3.8) is 0 Å². The van der Waals surface area contributed by atoms with Crippen molar-refractivity contribution in [2.24, 2.45) is 0 Å². The molecule has 6 heteroatoms. The molecule has 24 heavy (non-hydrogen) atoms. The lowest BCUT2D eigenvalue weighted by Gasteiger charge is -2.19. The van der Waals surface area contributed by atoms with Gasteiger partial charge in [0.25, 0.3) is 5.91 Å². The number of nitrogens with zero attached hydrogens (tertiary/aromatic N) is 3. The topological polar surface area (TPSA) is 58.1 Å². The second-order valence-corrected chi connectivity index (χ2v) is 6.97. The van der Waals surface area contributed by atoms with E-state index < -0.39 is 0 Å². The van der Waals surface area contributed by atoms with Gasteiger partial charge in [-0.05, 0) is 65.5 Å². The quantitative estimate of drug-likeness (QED) is 0.850. The summed E-state index contributed by atoms with van der Waals surface area (Å²) in [6.45, 7) is 3.67. The highest BCUT2D eigenvalue weighted by molar-refractivity contribution is 9.10. The molecular formula is C18H21BrN4O. The SMILES string of the molecule is Cc1ccc(Nc2ccc(C(=O)N3CCCCCC3)nn2)c(Br)c1. The van der Waals surface area contributed by atoms with Gasteiger partial charge in [-0.2, -0.15) is 0 Å². The molecule has 0 saturated carbocycles. The van der Waals surface area contributed by atoms with Crippen LogP contribution in [-0.2, 0) is 0 Å². The average molecular weight is 389 g/mol. The minimum atomic E-state index is -0.0209. The van der Waals surface area contributed by atoms with Crippen molar-refractivity contribution in [2.45, 2.75) is 32.6 Å². The Kier molecular flexibility index (Phi) is 5.45. The fourth-order valence-corrected chi connectivity index (χ4v) is 3.40. The second kappa shape index (κ2) is 7.75. The number of carbonyl (C=O) groups excluding carboxylic acids is 1. The van der Waals surface area contributed by atoms with Crippen LogP contribution in [0.25, 0.3) is 0 Å². The molecule has 0 spiro atoms. The molecule has 0 atom stereocenters. The fraction of sp³-hybridized carbons (Fsp3) is 0.389. The van der Waals surface area contributed by atoms with Crippen molar-refractivity contribution in [3.05, 3.63) is 46.1 Å². The van der Waals surface area contributed by atoms with Crippen LogP contribution in [0.1, 0.15) is 41.7 Å². The molecule has 0 unspecified atom stereocenters. The lowest BCUT2D eigenvalue weighted by atomic mass is 10.2. The van der Waals surface area contributed by atoms with Gasteiger partial charge in [0.1, 0.15) is 0 Å². The van der Waals surface area contributed by atoms with Gasteiger partial charge >= 0.3 is 0 Å². The van der Waals surface area contributed by atoms with Crippen LogP contribution in [0.3, 0.4) is 0 Å². The maximum atomic E-state index is 12.5. The molecule has 0 bridgehead atoms. The molecule has 1 aliphatic heterocycles. The molecule has 1 aromatic heterocycles. The highest BCUT2D eigenvalue weighted by Gasteiger charge is 2.18. The Morgan fingerprint density at radius 3 is 2.46 bits per heavy atom. The van der Waals surface area contributed by atoms with Crippen LogP contribution in [0.5, 0.6) is 0 Å². The molecule has 1 amide bonds. The zero-order valence-electron chi connectivity index (χ0n) is 13.8. The summed E-state index contributed by atoms with van der Waals surface area (Å²) < 4.78 is 0.967. The Labute approximate surface area is 150 Å². The number of amides is 1. The van der Waals surface area contributed by atoms with Crippen LogP contribution >= 0.6 is 15.9 Å². The van der Waals surface area contributed by atoms with Crippen molar-refractivity contribution in [1.82, 2.24) is 15.1 Å². The van der Waals surface area contributed by atoms with E-state index in [0.717, 1.165) is 36.1 Å². The van der Waals surface area contributed by atoms with E-state index in [-0.39, 0.29) is 5.91 Å². The second-order valence-electron chi connectivity index (χ2n) is 6.12. The minimum Gasteiger partial charge on any atom is -0.338 e. The summed E-state index contributed by atoms with van der Waals surface area (Å²) in [7, 11) is 0. The first-order valence-electron chi connectivity index (χ1n) is 8.30. The van der Waals surface area contributed by atoms with Gasteiger partial charge < -0.3 is 10.2 Å². The first-order chi connectivity index (χ1) is 11.6. The zero-order valence-corrected chi connectivity index (χ0v) is 15.3. The number of anilines is 2. The molecular weight excluding hydrogens is 368 g/mol. The molecule has 0 radical (unpaired) electrons. The van der Waals surface area contributed by atoms with E-state index in [1.165, 1.54) is 18.4 Å². The fourth-order valence-electron chi connectivity index (χ4n) is 2.81. The highest BCUT2D eigenvalue weighted by atomic mass is 79.9. The smallest absolute Gasteiger partial charge is 0.274 e. The average Bonchev–Trinajstić information content (AvgIpc) is 2.87. The van der Waals surface area contributed by atoms with Crippen LogP contribution < -0.4 is 5.32 Å². The number of likely N-dealkylation sites (tertiary alicyclic amines) is 1. The largest absolute Gasteiger partial charge is 0.338 e. The first kappa shape index (κ1) is 16.9. The van der Waals surface area contributed by atoms with E-state index in [9.17, 15) is 4.79 Å². The maximum Gasteiger partial charge on any atom is 0.274 e. The van der Waals surface area contributed by atoms with Gasteiger partial charge in [0, 0.05) is 17.6 Å². The third kappa shape index (κ3) is 4.12. The van der Waals surface area contributed by atoms with Crippen molar-refractivity contribution in [1.29, 1.82) is 0 Å². The number of aryl methyl sites for hydroxylation is 1. The van der Waals surface area contributed by atoms with E-state index >= 15 is 0 Å². The molecule has 0 aliphatic carbocycles. The van der Waals surface area contributed by atoms with Crippen molar-refractivity contribution in [2.75, 3.05) is 18.4 Å². The molecule has 1 aromatic carbocycles. The van der Waals surface area contributed by atoms with Gasteiger partial charge in [-0.1, -0.05) is 18.9 Å². The Morgan fingerprint density at radius 2 is 1.83 bits per heavy atom. The predicted molar refractivity (Wildman–Crippen MR) is 98.6 cm³/mol. The molecule has 3 rings (SSSR count). The van der Waals surface area contributed by atoms with Gasteiger partial charge in [0.05, 0.1) is 5.69 Å². The zero-order chi connectivity index (χ0) is 16.9. The molecule has 1 fully saturated rings. The molecule has 126 valence electrons. The first-order valence-corrected chi connectivity index (χ1v) is 9.09. The normalized spacial score (nSPS) is 15.0. The number of nitrogens with one attached hydrogen (secondary N) is 1. The van der Waals surface area contributed by atoms with Crippen LogP contribution in [0.2, 0.25) is 0 Å². The summed E-state index contributed by atoms with van der Waals surface area (Å²) in [5.41, 5.74) is 2.50. The number of hydrogen-bond donors (Lipinski definition) is 1. The monoisotopic (exact) mass is 388 g/mol. The summed E-state index contributed by atoms with van der Waals surface area (Å²) in [5, 5.41) is 11.5. The Balaban J connectivity index is 1.69. The highest BCUT2D eigenvalue weighted by Crippen LogP contribution is 2.26. The third-order valence-electron chi connectivity index (χ3n) is 4.16. The number of benzene rings is 1.